The summed E-state index contributed by atoms with van der Waals surface area (Å²) in [6, 6.07) is 3.66. The van der Waals surface area contributed by atoms with Gasteiger partial charge in [0, 0.05) is 12.1 Å². The number of sulfonamides is 1. The van der Waals surface area contributed by atoms with Crippen molar-refractivity contribution in [2.45, 2.75) is 43.3 Å². The molecule has 5 nitrogen and oxygen atoms in total. The number of hydrogen-bond donors (Lipinski definition) is 2. The summed E-state index contributed by atoms with van der Waals surface area (Å²) in [6.07, 6.45) is -3.80. The second kappa shape index (κ2) is 6.86. The third-order valence-electron chi connectivity index (χ3n) is 3.75. The zero-order valence-corrected chi connectivity index (χ0v) is 13.6. The Morgan fingerprint density at radius 2 is 1.83 bits per heavy atom. The minimum absolute atomic E-state index is 0.0936. The van der Waals surface area contributed by atoms with Crippen molar-refractivity contribution < 1.29 is 21.6 Å². The molecule has 3 N–H and O–H groups in total. The third kappa shape index (κ3) is 4.67. The van der Waals surface area contributed by atoms with Gasteiger partial charge >= 0.3 is 6.18 Å². The second-order valence-electron chi connectivity index (χ2n) is 5.21. The van der Waals surface area contributed by atoms with Crippen LogP contribution < -0.4 is 10.5 Å². The number of benzene rings is 1. The van der Waals surface area contributed by atoms with E-state index in [0.29, 0.717) is 18.9 Å². The average Bonchev–Trinajstić information content (AvgIpc) is 2.51. The van der Waals surface area contributed by atoms with Crippen molar-refractivity contribution in [3.63, 3.8) is 0 Å². The quantitative estimate of drug-likeness (QED) is 0.824. The Kier molecular flexibility index (Phi) is 5.79. The van der Waals surface area contributed by atoms with Crippen molar-refractivity contribution in [1.82, 2.24) is 4.72 Å². The molecule has 9 heteroatoms. The maximum absolute atomic E-state index is 12.9. The van der Waals surface area contributed by atoms with E-state index < -0.39 is 37.8 Å². The lowest BCUT2D eigenvalue weighted by Gasteiger charge is -2.26. The SMILES string of the molecule is CCC(N)(CC)CNS(=O)(=O)c1ccc(C#N)c(C(F)(F)F)c1. The maximum Gasteiger partial charge on any atom is 0.417 e. The molecular formula is C14H18F3N3O2S. The third-order valence-corrected chi connectivity index (χ3v) is 5.15. The molecular weight excluding hydrogens is 331 g/mol. The molecule has 0 aliphatic carbocycles. The first-order valence-corrected chi connectivity index (χ1v) is 8.37. The topological polar surface area (TPSA) is 96.0 Å². The van der Waals surface area contributed by atoms with Crippen molar-refractivity contribution >= 4 is 10.0 Å². The molecule has 128 valence electrons. The maximum atomic E-state index is 12.9. The summed E-state index contributed by atoms with van der Waals surface area (Å²) in [7, 11) is -4.16. The molecule has 0 atom stereocenters. The molecule has 0 aromatic heterocycles. The summed E-state index contributed by atoms with van der Waals surface area (Å²) >= 11 is 0. The van der Waals surface area contributed by atoms with E-state index in [4.69, 9.17) is 11.0 Å². The van der Waals surface area contributed by atoms with Crippen molar-refractivity contribution in [2.75, 3.05) is 6.54 Å². The lowest BCUT2D eigenvalue weighted by Crippen LogP contribution is -2.49. The molecule has 0 unspecified atom stereocenters. The molecule has 1 aromatic rings. The highest BCUT2D eigenvalue weighted by Gasteiger charge is 2.35. The van der Waals surface area contributed by atoms with Crippen molar-refractivity contribution in [2.24, 2.45) is 5.73 Å². The van der Waals surface area contributed by atoms with Crippen LogP contribution in [0.5, 0.6) is 0 Å². The fourth-order valence-corrected chi connectivity index (χ4v) is 3.01. The number of halogens is 3. The first-order valence-electron chi connectivity index (χ1n) is 6.89. The predicted molar refractivity (Wildman–Crippen MR) is 78.8 cm³/mol. The summed E-state index contributed by atoms with van der Waals surface area (Å²) in [5, 5.41) is 8.72. The molecule has 1 aromatic carbocycles. The Morgan fingerprint density at radius 3 is 2.26 bits per heavy atom. The zero-order valence-electron chi connectivity index (χ0n) is 12.7. The van der Waals surface area contributed by atoms with Crippen LogP contribution >= 0.6 is 0 Å². The average molecular weight is 349 g/mol. The number of hydrogen-bond acceptors (Lipinski definition) is 4. The molecule has 0 aliphatic rings. The largest absolute Gasteiger partial charge is 0.417 e. The van der Waals surface area contributed by atoms with Crippen LogP contribution in [0.15, 0.2) is 23.1 Å². The molecule has 0 radical (unpaired) electrons. The van der Waals surface area contributed by atoms with Crippen LogP contribution in [0.3, 0.4) is 0 Å². The number of nitrogens with two attached hydrogens (primary N) is 1. The van der Waals surface area contributed by atoms with Gasteiger partial charge in [-0.05, 0) is 31.0 Å². The minimum Gasteiger partial charge on any atom is -0.324 e. The van der Waals surface area contributed by atoms with Crippen LogP contribution in [-0.4, -0.2) is 20.5 Å². The van der Waals surface area contributed by atoms with Crippen molar-refractivity contribution in [3.05, 3.63) is 29.3 Å². The van der Waals surface area contributed by atoms with Crippen molar-refractivity contribution in [1.29, 1.82) is 5.26 Å². The second-order valence-corrected chi connectivity index (χ2v) is 6.98. The van der Waals surface area contributed by atoms with Crippen LogP contribution in [0.1, 0.15) is 37.8 Å². The van der Waals surface area contributed by atoms with E-state index >= 15 is 0 Å². The van der Waals surface area contributed by atoms with Gasteiger partial charge in [-0.1, -0.05) is 13.8 Å². The fraction of sp³-hybridized carbons (Fsp3) is 0.500. The standard InChI is InChI=1S/C14H18F3N3O2S/c1-3-13(19,4-2)9-20-23(21,22)11-6-5-10(8-18)12(7-11)14(15,16)17/h5-7,20H,3-4,9,19H2,1-2H3. The normalized spacial score (nSPS) is 12.9. The Labute approximate surface area is 133 Å². The summed E-state index contributed by atoms with van der Waals surface area (Å²) in [4.78, 5) is -0.557. The van der Waals surface area contributed by atoms with Crippen LogP contribution in [-0.2, 0) is 16.2 Å². The van der Waals surface area contributed by atoms with Crippen LogP contribution in [0.25, 0.3) is 0 Å². The van der Waals surface area contributed by atoms with E-state index in [-0.39, 0.29) is 6.54 Å². The van der Waals surface area contributed by atoms with Gasteiger partial charge in [0.25, 0.3) is 0 Å². The minimum atomic E-state index is -4.82. The highest BCUT2D eigenvalue weighted by atomic mass is 32.2. The van der Waals surface area contributed by atoms with Gasteiger partial charge in [-0.15, -0.1) is 0 Å². The lowest BCUT2D eigenvalue weighted by atomic mass is 9.95. The Balaban J connectivity index is 3.18. The van der Waals surface area contributed by atoms with Gasteiger partial charge in [-0.2, -0.15) is 18.4 Å². The molecule has 0 spiro atoms. The lowest BCUT2D eigenvalue weighted by molar-refractivity contribution is -0.137. The van der Waals surface area contributed by atoms with E-state index in [1.165, 1.54) is 6.07 Å². The number of rotatable bonds is 6. The molecule has 0 bridgehead atoms. The summed E-state index contributed by atoms with van der Waals surface area (Å²) in [6.45, 7) is 3.49. The molecule has 0 heterocycles. The molecule has 0 fully saturated rings. The van der Waals surface area contributed by atoms with Gasteiger partial charge in [0.15, 0.2) is 0 Å². The van der Waals surface area contributed by atoms with Gasteiger partial charge < -0.3 is 5.73 Å². The van der Waals surface area contributed by atoms with Gasteiger partial charge in [0.1, 0.15) is 0 Å². The number of nitriles is 1. The molecule has 23 heavy (non-hydrogen) atoms. The predicted octanol–water partition coefficient (Wildman–Crippen LogP) is 2.37. The summed E-state index contributed by atoms with van der Waals surface area (Å²) in [5.41, 5.74) is 3.29. The molecule has 0 saturated carbocycles. The zero-order chi connectivity index (χ0) is 17.9. The first-order chi connectivity index (χ1) is 10.5. The number of nitrogens with one attached hydrogen (secondary N) is 1. The Bertz CT molecular complexity index is 705. The highest BCUT2D eigenvalue weighted by Crippen LogP contribution is 2.33. The monoisotopic (exact) mass is 349 g/mol. The smallest absolute Gasteiger partial charge is 0.324 e. The van der Waals surface area contributed by atoms with E-state index in [1.54, 1.807) is 13.8 Å². The van der Waals surface area contributed by atoms with E-state index in [0.717, 1.165) is 12.1 Å². The Hall–Kier alpha value is -1.63. The Morgan fingerprint density at radius 1 is 1.26 bits per heavy atom. The highest BCUT2D eigenvalue weighted by molar-refractivity contribution is 7.89. The van der Waals surface area contributed by atoms with E-state index in [9.17, 15) is 21.6 Å². The van der Waals surface area contributed by atoms with Crippen LogP contribution in [0, 0.1) is 11.3 Å². The fourth-order valence-electron chi connectivity index (χ4n) is 1.84. The molecule has 0 amide bonds. The summed E-state index contributed by atoms with van der Waals surface area (Å²) in [5.74, 6) is 0. The number of alkyl halides is 3. The molecule has 0 aliphatic heterocycles. The summed E-state index contributed by atoms with van der Waals surface area (Å²) < 4.78 is 65.3. The van der Waals surface area contributed by atoms with Crippen LogP contribution in [0.4, 0.5) is 13.2 Å². The number of nitrogens with zero attached hydrogens (tertiary/aromatic N) is 1. The van der Waals surface area contributed by atoms with E-state index in [1.807, 2.05) is 0 Å². The van der Waals surface area contributed by atoms with Crippen LogP contribution in [0.2, 0.25) is 0 Å². The van der Waals surface area contributed by atoms with Gasteiger partial charge in [-0.25, -0.2) is 13.1 Å². The first kappa shape index (κ1) is 19.4. The van der Waals surface area contributed by atoms with Gasteiger partial charge in [0.05, 0.1) is 22.1 Å². The van der Waals surface area contributed by atoms with Gasteiger partial charge in [0.2, 0.25) is 10.0 Å². The molecule has 1 rings (SSSR count). The van der Waals surface area contributed by atoms with Gasteiger partial charge in [-0.3, -0.25) is 0 Å². The van der Waals surface area contributed by atoms with E-state index in [2.05, 4.69) is 4.72 Å². The van der Waals surface area contributed by atoms with Crippen molar-refractivity contribution in [3.8, 4) is 6.07 Å². The molecule has 0 saturated heterocycles.